The Morgan fingerprint density at radius 2 is 2.09 bits per heavy atom. The van der Waals surface area contributed by atoms with Gasteiger partial charge >= 0.3 is 0 Å². The van der Waals surface area contributed by atoms with E-state index >= 15 is 0 Å². The number of nitrogens with one attached hydrogen (secondary N) is 1. The lowest BCUT2D eigenvalue weighted by atomic mass is 10.1. The number of hydrogen-bond acceptors (Lipinski definition) is 4. The standard InChI is InChI=1S/C15H29N3O3S/c1-16-14(18(2)8-9-21-10-13-4-5-13)17-11-15(6-7-15)12-22(3,19)20/h13H,4-12H2,1-3H3,(H,16,17). The van der Waals surface area contributed by atoms with Crippen LogP contribution in [0.3, 0.4) is 0 Å². The van der Waals surface area contributed by atoms with Crippen LogP contribution in [-0.4, -0.2) is 71.7 Å². The quantitative estimate of drug-likeness (QED) is 0.383. The zero-order chi connectivity index (χ0) is 16.2. The second-order valence-corrected chi connectivity index (χ2v) is 9.05. The van der Waals surface area contributed by atoms with Crippen molar-refractivity contribution in [3.63, 3.8) is 0 Å². The first-order chi connectivity index (χ1) is 10.3. The SMILES string of the molecule is CN=C(NCC1(CS(C)(=O)=O)CC1)N(C)CCOCC1CC1. The highest BCUT2D eigenvalue weighted by Gasteiger charge is 2.45. The van der Waals surface area contributed by atoms with Crippen LogP contribution in [0.4, 0.5) is 0 Å². The summed E-state index contributed by atoms with van der Waals surface area (Å²) in [6.45, 7) is 3.02. The van der Waals surface area contributed by atoms with Crippen molar-refractivity contribution in [1.82, 2.24) is 10.2 Å². The normalized spacial score (nSPS) is 20.8. The molecule has 0 aromatic carbocycles. The van der Waals surface area contributed by atoms with Gasteiger partial charge in [-0.1, -0.05) is 0 Å². The van der Waals surface area contributed by atoms with Crippen molar-refractivity contribution in [3.8, 4) is 0 Å². The second-order valence-electron chi connectivity index (χ2n) is 6.91. The lowest BCUT2D eigenvalue weighted by Crippen LogP contribution is -2.43. The van der Waals surface area contributed by atoms with Crippen molar-refractivity contribution in [3.05, 3.63) is 0 Å². The Kier molecular flexibility index (Phi) is 5.71. The summed E-state index contributed by atoms with van der Waals surface area (Å²) in [5.74, 6) is 1.85. The molecule has 0 amide bonds. The van der Waals surface area contributed by atoms with Gasteiger partial charge in [-0.25, -0.2) is 8.42 Å². The van der Waals surface area contributed by atoms with Crippen molar-refractivity contribution in [2.75, 3.05) is 52.4 Å². The molecule has 22 heavy (non-hydrogen) atoms. The molecule has 7 heteroatoms. The summed E-state index contributed by atoms with van der Waals surface area (Å²) in [5, 5.41) is 3.31. The number of rotatable bonds is 9. The largest absolute Gasteiger partial charge is 0.379 e. The molecule has 0 saturated heterocycles. The fourth-order valence-corrected chi connectivity index (χ4v) is 4.10. The lowest BCUT2D eigenvalue weighted by molar-refractivity contribution is 0.115. The first kappa shape index (κ1) is 17.5. The Morgan fingerprint density at radius 1 is 1.41 bits per heavy atom. The molecule has 1 N–H and O–H groups in total. The molecule has 0 aromatic heterocycles. The lowest BCUT2D eigenvalue weighted by Gasteiger charge is -2.24. The van der Waals surface area contributed by atoms with E-state index in [1.165, 1.54) is 19.1 Å². The van der Waals surface area contributed by atoms with Crippen molar-refractivity contribution in [1.29, 1.82) is 0 Å². The molecule has 2 rings (SSSR count). The maximum atomic E-state index is 11.5. The Hall–Kier alpha value is -0.820. The number of likely N-dealkylation sites (N-methyl/N-ethyl adjacent to an activating group) is 1. The van der Waals surface area contributed by atoms with Gasteiger partial charge in [0.25, 0.3) is 0 Å². The van der Waals surface area contributed by atoms with E-state index in [1.807, 2.05) is 11.9 Å². The van der Waals surface area contributed by atoms with E-state index in [4.69, 9.17) is 4.74 Å². The minimum Gasteiger partial charge on any atom is -0.379 e. The third-order valence-electron chi connectivity index (χ3n) is 4.34. The highest BCUT2D eigenvalue weighted by Crippen LogP contribution is 2.46. The predicted octanol–water partition coefficient (Wildman–Crippen LogP) is 0.745. The average molecular weight is 331 g/mol. The Bertz CT molecular complexity index is 496. The summed E-state index contributed by atoms with van der Waals surface area (Å²) in [4.78, 5) is 6.30. The van der Waals surface area contributed by atoms with E-state index in [0.717, 1.165) is 37.9 Å². The van der Waals surface area contributed by atoms with E-state index in [-0.39, 0.29) is 11.2 Å². The van der Waals surface area contributed by atoms with Crippen LogP contribution >= 0.6 is 0 Å². The van der Waals surface area contributed by atoms with Gasteiger partial charge in [0.1, 0.15) is 9.84 Å². The molecule has 0 aromatic rings. The Balaban J connectivity index is 1.69. The van der Waals surface area contributed by atoms with E-state index in [2.05, 4.69) is 10.3 Å². The molecule has 2 fully saturated rings. The summed E-state index contributed by atoms with van der Waals surface area (Å²) in [6, 6.07) is 0. The van der Waals surface area contributed by atoms with Gasteiger partial charge in [-0.2, -0.15) is 0 Å². The predicted molar refractivity (Wildman–Crippen MR) is 88.9 cm³/mol. The number of ether oxygens (including phenoxy) is 1. The fourth-order valence-electron chi connectivity index (χ4n) is 2.60. The average Bonchev–Trinajstić information content (AvgIpc) is 3.31. The third kappa shape index (κ3) is 6.12. The van der Waals surface area contributed by atoms with E-state index < -0.39 is 9.84 Å². The molecule has 0 aliphatic heterocycles. The van der Waals surface area contributed by atoms with Crippen LogP contribution < -0.4 is 5.32 Å². The van der Waals surface area contributed by atoms with Gasteiger partial charge in [-0.05, 0) is 31.6 Å². The zero-order valence-corrected chi connectivity index (χ0v) is 14.8. The number of hydrogen-bond donors (Lipinski definition) is 1. The van der Waals surface area contributed by atoms with Gasteiger partial charge < -0.3 is 15.0 Å². The summed E-state index contributed by atoms with van der Waals surface area (Å²) in [7, 11) is 0.801. The van der Waals surface area contributed by atoms with Crippen LogP contribution in [0.15, 0.2) is 4.99 Å². The molecular weight excluding hydrogens is 302 g/mol. The maximum absolute atomic E-state index is 11.5. The molecule has 128 valence electrons. The summed E-state index contributed by atoms with van der Waals surface area (Å²) >= 11 is 0. The summed E-state index contributed by atoms with van der Waals surface area (Å²) in [6.07, 6.45) is 5.87. The summed E-state index contributed by atoms with van der Waals surface area (Å²) in [5.41, 5.74) is -0.0904. The number of nitrogens with zero attached hydrogens (tertiary/aromatic N) is 2. The van der Waals surface area contributed by atoms with Gasteiger partial charge in [0.05, 0.1) is 12.4 Å². The second kappa shape index (κ2) is 7.17. The molecular formula is C15H29N3O3S. The van der Waals surface area contributed by atoms with E-state index in [9.17, 15) is 8.42 Å². The first-order valence-corrected chi connectivity index (χ1v) is 10.1. The van der Waals surface area contributed by atoms with Crippen molar-refractivity contribution in [2.45, 2.75) is 25.7 Å². The van der Waals surface area contributed by atoms with Gasteiger partial charge in [-0.3, -0.25) is 4.99 Å². The highest BCUT2D eigenvalue weighted by atomic mass is 32.2. The summed E-state index contributed by atoms with van der Waals surface area (Å²) < 4.78 is 28.6. The molecule has 6 nitrogen and oxygen atoms in total. The van der Waals surface area contributed by atoms with Gasteiger partial charge in [0, 0.05) is 45.5 Å². The van der Waals surface area contributed by atoms with Crippen LogP contribution in [0.1, 0.15) is 25.7 Å². The molecule has 2 saturated carbocycles. The van der Waals surface area contributed by atoms with Crippen LogP contribution in [0.5, 0.6) is 0 Å². The molecule has 2 aliphatic carbocycles. The van der Waals surface area contributed by atoms with Crippen LogP contribution in [-0.2, 0) is 14.6 Å². The van der Waals surface area contributed by atoms with Gasteiger partial charge in [-0.15, -0.1) is 0 Å². The van der Waals surface area contributed by atoms with Crippen molar-refractivity contribution in [2.24, 2.45) is 16.3 Å². The molecule has 0 unspecified atom stereocenters. The minimum absolute atomic E-state index is 0.0904. The highest BCUT2D eigenvalue weighted by molar-refractivity contribution is 7.90. The molecule has 0 heterocycles. The molecule has 0 bridgehead atoms. The van der Waals surface area contributed by atoms with E-state index in [1.54, 1.807) is 7.05 Å². The van der Waals surface area contributed by atoms with Gasteiger partial charge in [0.15, 0.2) is 5.96 Å². The molecule has 0 spiro atoms. The molecule has 0 atom stereocenters. The molecule has 0 radical (unpaired) electrons. The Labute approximate surface area is 134 Å². The van der Waals surface area contributed by atoms with Gasteiger partial charge in [0.2, 0.25) is 0 Å². The maximum Gasteiger partial charge on any atom is 0.193 e. The van der Waals surface area contributed by atoms with Crippen LogP contribution in [0.2, 0.25) is 0 Å². The Morgan fingerprint density at radius 3 is 2.59 bits per heavy atom. The smallest absolute Gasteiger partial charge is 0.193 e. The zero-order valence-electron chi connectivity index (χ0n) is 14.0. The minimum atomic E-state index is -2.93. The van der Waals surface area contributed by atoms with Crippen molar-refractivity contribution < 1.29 is 13.2 Å². The fraction of sp³-hybridized carbons (Fsp3) is 0.933. The monoisotopic (exact) mass is 331 g/mol. The van der Waals surface area contributed by atoms with Crippen LogP contribution in [0.25, 0.3) is 0 Å². The number of sulfone groups is 1. The molecule has 2 aliphatic rings. The number of aliphatic imine (C=N–C) groups is 1. The number of guanidine groups is 1. The van der Waals surface area contributed by atoms with E-state index in [0.29, 0.717) is 13.2 Å². The third-order valence-corrected chi connectivity index (χ3v) is 5.48. The van der Waals surface area contributed by atoms with Crippen LogP contribution in [0, 0.1) is 11.3 Å². The topological polar surface area (TPSA) is 71.0 Å². The first-order valence-electron chi connectivity index (χ1n) is 8.01. The van der Waals surface area contributed by atoms with Crippen molar-refractivity contribution >= 4 is 15.8 Å².